The highest BCUT2D eigenvalue weighted by Crippen LogP contribution is 2.57. The summed E-state index contributed by atoms with van der Waals surface area (Å²) in [6.07, 6.45) is 0.132. The number of methoxy groups -OCH3 is 3. The van der Waals surface area contributed by atoms with Crippen LogP contribution >= 0.6 is 35.7 Å². The lowest BCUT2D eigenvalue weighted by atomic mass is 9.83. The van der Waals surface area contributed by atoms with Crippen molar-refractivity contribution in [3.05, 3.63) is 37.8 Å². The monoisotopic (exact) mass is 576 g/mol. The number of ether oxygens (including phenoxy) is 3. The van der Waals surface area contributed by atoms with E-state index in [4.69, 9.17) is 26.4 Å². The van der Waals surface area contributed by atoms with Crippen LogP contribution in [0.1, 0.15) is 32.3 Å². The number of rotatable bonds is 5. The van der Waals surface area contributed by atoms with Crippen LogP contribution < -0.4 is 9.64 Å². The molecule has 200 valence electrons. The van der Waals surface area contributed by atoms with E-state index in [1.807, 2.05) is 0 Å². The highest BCUT2D eigenvalue weighted by molar-refractivity contribution is 8.29. The maximum Gasteiger partial charge on any atom is 0.346 e. The van der Waals surface area contributed by atoms with Crippen LogP contribution in [-0.4, -0.2) is 72.8 Å². The Balaban J connectivity index is 1.88. The van der Waals surface area contributed by atoms with Gasteiger partial charge >= 0.3 is 11.9 Å². The molecule has 3 aliphatic heterocycles. The Kier molecular flexibility index (Phi) is 7.73. The number of esters is 2. The topological polar surface area (TPSA) is 120 Å². The molecule has 38 heavy (non-hydrogen) atoms. The molecule has 0 N–H and O–H groups in total. The van der Waals surface area contributed by atoms with Crippen molar-refractivity contribution in [1.29, 1.82) is 0 Å². The zero-order chi connectivity index (χ0) is 27.9. The third kappa shape index (κ3) is 4.52. The van der Waals surface area contributed by atoms with E-state index in [1.54, 1.807) is 32.0 Å². The summed E-state index contributed by atoms with van der Waals surface area (Å²) in [6.45, 7) is 3.06. The van der Waals surface area contributed by atoms with E-state index < -0.39 is 41.7 Å². The van der Waals surface area contributed by atoms with Gasteiger partial charge in [-0.25, -0.2) is 9.59 Å². The lowest BCUT2D eigenvalue weighted by Gasteiger charge is -2.46. The number of amides is 3. The summed E-state index contributed by atoms with van der Waals surface area (Å²) in [7, 11) is 3.90. The van der Waals surface area contributed by atoms with Gasteiger partial charge in [-0.05, 0) is 19.9 Å². The van der Waals surface area contributed by atoms with Gasteiger partial charge in [0, 0.05) is 24.0 Å². The second-order valence-corrected chi connectivity index (χ2v) is 11.6. The molecular formula is C25H24N2O8S3. The quantitative estimate of drug-likeness (QED) is 0.223. The standard InChI is InChI=1S/C25H24N2O8S3/c1-25(2)21(36)17(24-37-19(22(31)34-4)20(38-24)23(32)35-5)12-7-6-8-13(33-3)18(12)27(25)16(30)11-26-14(28)9-10-15(26)29/h6-8H,9-11H2,1-5H3. The highest BCUT2D eigenvalue weighted by atomic mass is 32.2. The van der Waals surface area contributed by atoms with Gasteiger partial charge in [0.2, 0.25) is 17.7 Å². The molecular weight excluding hydrogens is 552 g/mol. The van der Waals surface area contributed by atoms with E-state index in [0.29, 0.717) is 31.7 Å². The second kappa shape index (κ2) is 10.5. The van der Waals surface area contributed by atoms with E-state index in [0.717, 1.165) is 28.4 Å². The van der Waals surface area contributed by atoms with Gasteiger partial charge in [-0.1, -0.05) is 47.9 Å². The second-order valence-electron chi connectivity index (χ2n) is 8.86. The smallest absolute Gasteiger partial charge is 0.346 e. The SMILES string of the molecule is COC(=O)C1=C(C(=O)OC)SC(=C2C(=S)C(C)(C)N(C(=O)CN3C(=O)CCC3=O)c3c(OC)cccc32)S1. The minimum absolute atomic E-state index is 0.0660. The number of thiocarbonyl (C=S) groups is 1. The first-order valence-electron chi connectivity index (χ1n) is 11.4. The molecule has 0 radical (unpaired) electrons. The fourth-order valence-electron chi connectivity index (χ4n) is 4.43. The number of carbonyl (C=O) groups is 5. The fourth-order valence-corrected chi connectivity index (χ4v) is 7.46. The van der Waals surface area contributed by atoms with Crippen LogP contribution in [0.15, 0.2) is 32.2 Å². The van der Waals surface area contributed by atoms with Gasteiger partial charge in [-0.2, -0.15) is 0 Å². The molecule has 3 amide bonds. The molecule has 1 aromatic carbocycles. The van der Waals surface area contributed by atoms with Crippen LogP contribution in [0.2, 0.25) is 0 Å². The van der Waals surface area contributed by atoms with Crippen molar-refractivity contribution >= 4 is 81.5 Å². The van der Waals surface area contributed by atoms with Gasteiger partial charge in [-0.3, -0.25) is 24.2 Å². The van der Waals surface area contributed by atoms with Crippen LogP contribution in [0.3, 0.4) is 0 Å². The van der Waals surface area contributed by atoms with E-state index in [9.17, 15) is 24.0 Å². The van der Waals surface area contributed by atoms with Crippen molar-refractivity contribution in [2.45, 2.75) is 32.2 Å². The number of anilines is 1. The number of para-hydroxylation sites is 1. The molecule has 0 bridgehead atoms. The Bertz CT molecular complexity index is 1320. The molecule has 1 fully saturated rings. The highest BCUT2D eigenvalue weighted by Gasteiger charge is 2.48. The van der Waals surface area contributed by atoms with Gasteiger partial charge in [0.1, 0.15) is 22.1 Å². The first-order chi connectivity index (χ1) is 18.0. The Hall–Kier alpha value is -3.16. The molecule has 3 aliphatic rings. The number of likely N-dealkylation sites (tertiary alicyclic amines) is 1. The average molecular weight is 577 g/mol. The molecule has 0 aromatic heterocycles. The zero-order valence-electron chi connectivity index (χ0n) is 21.2. The van der Waals surface area contributed by atoms with Gasteiger partial charge in [0.25, 0.3) is 0 Å². The lowest BCUT2D eigenvalue weighted by molar-refractivity contribution is -0.142. The molecule has 0 saturated carbocycles. The number of fused-ring (bicyclic) bond motifs is 1. The number of benzene rings is 1. The van der Waals surface area contributed by atoms with Crippen LogP contribution in [0.5, 0.6) is 5.75 Å². The lowest BCUT2D eigenvalue weighted by Crippen LogP contribution is -2.58. The maximum atomic E-state index is 13.7. The summed E-state index contributed by atoms with van der Waals surface area (Å²) < 4.78 is 15.9. The van der Waals surface area contributed by atoms with E-state index in [1.165, 1.54) is 26.2 Å². The summed E-state index contributed by atoms with van der Waals surface area (Å²) in [5.74, 6) is -2.33. The summed E-state index contributed by atoms with van der Waals surface area (Å²) in [5, 5.41) is 0. The van der Waals surface area contributed by atoms with Crippen molar-refractivity contribution in [2.75, 3.05) is 32.8 Å². The fraction of sp³-hybridized carbons (Fsp3) is 0.360. The number of thioether (sulfide) groups is 2. The van der Waals surface area contributed by atoms with Crippen LogP contribution in [0.4, 0.5) is 5.69 Å². The first-order valence-corrected chi connectivity index (χ1v) is 13.4. The molecule has 13 heteroatoms. The Morgan fingerprint density at radius 1 is 0.974 bits per heavy atom. The molecule has 1 saturated heterocycles. The number of nitrogens with zero attached hydrogens (tertiary/aromatic N) is 2. The van der Waals surface area contributed by atoms with Crippen molar-refractivity contribution in [2.24, 2.45) is 0 Å². The number of hydrogen-bond acceptors (Lipinski definition) is 11. The summed E-state index contributed by atoms with van der Waals surface area (Å²) in [5.41, 5.74) is 0.355. The molecule has 0 aliphatic carbocycles. The number of imide groups is 1. The summed E-state index contributed by atoms with van der Waals surface area (Å²) >= 11 is 8.00. The molecule has 3 heterocycles. The van der Waals surface area contributed by atoms with Crippen molar-refractivity contribution in [3.8, 4) is 5.75 Å². The third-order valence-electron chi connectivity index (χ3n) is 6.29. The molecule has 1 aromatic rings. The van der Waals surface area contributed by atoms with Crippen LogP contribution in [-0.2, 0) is 33.4 Å². The van der Waals surface area contributed by atoms with Crippen molar-refractivity contribution in [3.63, 3.8) is 0 Å². The summed E-state index contributed by atoms with van der Waals surface area (Å²) in [6, 6.07) is 5.17. The molecule has 4 rings (SSSR count). The van der Waals surface area contributed by atoms with Gasteiger partial charge in [0.15, 0.2) is 0 Å². The largest absolute Gasteiger partial charge is 0.495 e. The normalized spacial score (nSPS) is 18.7. The molecule has 0 atom stereocenters. The Labute approximate surface area is 232 Å². The number of hydrogen-bond donors (Lipinski definition) is 0. The zero-order valence-corrected chi connectivity index (χ0v) is 23.7. The average Bonchev–Trinajstić information content (AvgIpc) is 3.47. The van der Waals surface area contributed by atoms with E-state index >= 15 is 0 Å². The molecule has 10 nitrogen and oxygen atoms in total. The van der Waals surface area contributed by atoms with E-state index in [2.05, 4.69) is 0 Å². The van der Waals surface area contributed by atoms with Gasteiger partial charge in [-0.15, -0.1) is 0 Å². The predicted molar refractivity (Wildman–Crippen MR) is 146 cm³/mol. The number of carbonyl (C=O) groups excluding carboxylic acids is 5. The Morgan fingerprint density at radius 2 is 1.53 bits per heavy atom. The minimum Gasteiger partial charge on any atom is -0.495 e. The molecule has 0 unspecified atom stereocenters. The molecule has 0 spiro atoms. The Morgan fingerprint density at radius 3 is 2.03 bits per heavy atom. The third-order valence-corrected chi connectivity index (χ3v) is 9.55. The van der Waals surface area contributed by atoms with Crippen LogP contribution in [0.25, 0.3) is 5.57 Å². The van der Waals surface area contributed by atoms with Crippen molar-refractivity contribution in [1.82, 2.24) is 4.90 Å². The van der Waals surface area contributed by atoms with Gasteiger partial charge < -0.3 is 14.2 Å². The predicted octanol–water partition coefficient (Wildman–Crippen LogP) is 3.05. The van der Waals surface area contributed by atoms with Gasteiger partial charge in [0.05, 0.1) is 41.7 Å². The summed E-state index contributed by atoms with van der Waals surface area (Å²) in [4.78, 5) is 66.1. The first kappa shape index (κ1) is 27.9. The maximum absolute atomic E-state index is 13.7. The van der Waals surface area contributed by atoms with E-state index in [-0.39, 0.29) is 22.7 Å². The van der Waals surface area contributed by atoms with Crippen LogP contribution in [0, 0.1) is 0 Å². The minimum atomic E-state index is -1.12. The van der Waals surface area contributed by atoms with Crippen molar-refractivity contribution < 1.29 is 38.2 Å².